The Morgan fingerprint density at radius 2 is 1.90 bits per heavy atom. The molecule has 41 heavy (non-hydrogen) atoms. The average molecular weight is 573 g/mol. The van der Waals surface area contributed by atoms with Crippen molar-refractivity contribution in [1.29, 1.82) is 0 Å². The zero-order chi connectivity index (χ0) is 29.2. The average Bonchev–Trinajstić information content (AvgIpc) is 3.24. The molecule has 3 aromatic rings. The Morgan fingerprint density at radius 3 is 2.66 bits per heavy atom. The molecule has 2 aliphatic heterocycles. The van der Waals surface area contributed by atoms with Crippen LogP contribution in [0.2, 0.25) is 0 Å². The van der Waals surface area contributed by atoms with Crippen LogP contribution in [0.3, 0.4) is 0 Å². The molecule has 3 aromatic heterocycles. The van der Waals surface area contributed by atoms with Crippen LogP contribution in [0, 0.1) is 23.7 Å². The SMILES string of the molecule is CC(C)CC#Cc1ccc2c(n1)N1C[C@@H](CC[C@@H](c3ccccn3)Nc3cccc(n3)S(=O)(=O)NC2=O)CC1(C)C. The van der Waals surface area contributed by atoms with Crippen LogP contribution in [0.5, 0.6) is 0 Å². The zero-order valence-electron chi connectivity index (χ0n) is 23.9. The van der Waals surface area contributed by atoms with Crippen molar-refractivity contribution in [3.8, 4) is 11.8 Å². The van der Waals surface area contributed by atoms with E-state index in [1.54, 1.807) is 30.5 Å². The molecule has 5 heterocycles. The van der Waals surface area contributed by atoms with E-state index in [1.165, 1.54) is 6.07 Å². The minimum absolute atomic E-state index is 0.174. The molecule has 0 aromatic carbocycles. The lowest BCUT2D eigenvalue weighted by Gasteiger charge is -2.33. The number of aromatic nitrogens is 3. The monoisotopic (exact) mass is 572 g/mol. The van der Waals surface area contributed by atoms with Crippen LogP contribution in [0.4, 0.5) is 11.6 Å². The van der Waals surface area contributed by atoms with Crippen molar-refractivity contribution in [1.82, 2.24) is 19.7 Å². The fourth-order valence-electron chi connectivity index (χ4n) is 5.53. The maximum Gasteiger partial charge on any atom is 0.281 e. The fraction of sp³-hybridized carbons (Fsp3) is 0.419. The molecule has 0 saturated carbocycles. The van der Waals surface area contributed by atoms with Gasteiger partial charge in [-0.05, 0) is 87.3 Å². The number of carbonyl (C=O) groups excluding carboxylic acids is 1. The lowest BCUT2D eigenvalue weighted by Crippen LogP contribution is -2.41. The van der Waals surface area contributed by atoms with Gasteiger partial charge in [-0.25, -0.2) is 14.7 Å². The molecule has 9 nitrogen and oxygen atoms in total. The van der Waals surface area contributed by atoms with Crippen molar-refractivity contribution in [3.63, 3.8) is 0 Å². The van der Waals surface area contributed by atoms with Crippen LogP contribution in [0.25, 0.3) is 0 Å². The van der Waals surface area contributed by atoms with Crippen molar-refractivity contribution >= 4 is 27.6 Å². The number of hydrogen-bond donors (Lipinski definition) is 2. The number of amides is 1. The highest BCUT2D eigenvalue weighted by Crippen LogP contribution is 2.40. The van der Waals surface area contributed by atoms with E-state index >= 15 is 0 Å². The van der Waals surface area contributed by atoms with Crippen molar-refractivity contribution in [2.45, 2.75) is 70.0 Å². The smallest absolute Gasteiger partial charge is 0.281 e. The van der Waals surface area contributed by atoms with E-state index in [-0.39, 0.29) is 22.2 Å². The van der Waals surface area contributed by atoms with Gasteiger partial charge >= 0.3 is 0 Å². The van der Waals surface area contributed by atoms with Gasteiger partial charge in [0.05, 0.1) is 17.3 Å². The third kappa shape index (κ3) is 6.51. The standard InChI is InChI=1S/C31H36N6O3S/c1-21(2)9-7-10-23-15-16-24-29(33-23)37-20-22(19-31(37,3)4)14-17-26(25-11-5-6-18-32-25)34-27-12-8-13-28(35-27)41(39,40)36-30(24)38/h5-6,8,11-13,15-16,18,21-22,26H,9,14,17,19-20H2,1-4H3,(H,34,35)(H,36,38)/t22-,26-/m0/s1. The Labute approximate surface area is 242 Å². The van der Waals surface area contributed by atoms with Crippen LogP contribution in [0.1, 0.15) is 81.2 Å². The van der Waals surface area contributed by atoms with Gasteiger partial charge < -0.3 is 10.2 Å². The first kappa shape index (κ1) is 28.6. The molecule has 0 unspecified atom stereocenters. The molecule has 1 saturated heterocycles. The molecule has 214 valence electrons. The molecule has 2 aliphatic rings. The molecule has 1 amide bonds. The van der Waals surface area contributed by atoms with Gasteiger partial charge in [-0.15, -0.1) is 0 Å². The largest absolute Gasteiger partial charge is 0.362 e. The van der Waals surface area contributed by atoms with E-state index in [1.807, 2.05) is 18.2 Å². The van der Waals surface area contributed by atoms with E-state index in [4.69, 9.17) is 4.98 Å². The molecule has 0 aliphatic carbocycles. The third-order valence-corrected chi connectivity index (χ3v) is 8.75. The summed E-state index contributed by atoms with van der Waals surface area (Å²) in [4.78, 5) is 29.4. The second kappa shape index (κ2) is 11.5. The number of anilines is 2. The zero-order valence-corrected chi connectivity index (χ0v) is 24.7. The molecule has 1 fully saturated rings. The molecule has 5 rings (SSSR count). The number of fused-ring (bicyclic) bond motifs is 6. The summed E-state index contributed by atoms with van der Waals surface area (Å²) in [5.74, 6) is 7.11. The Kier molecular flexibility index (Phi) is 8.00. The van der Waals surface area contributed by atoms with Gasteiger partial charge in [-0.1, -0.05) is 31.9 Å². The Hall–Kier alpha value is -3.97. The van der Waals surface area contributed by atoms with Gasteiger partial charge in [0.15, 0.2) is 5.03 Å². The predicted molar refractivity (Wildman–Crippen MR) is 159 cm³/mol. The molecule has 0 spiro atoms. The quantitative estimate of drug-likeness (QED) is 0.415. The molecule has 2 N–H and O–H groups in total. The fourth-order valence-corrected chi connectivity index (χ4v) is 6.47. The number of nitrogens with zero attached hydrogens (tertiary/aromatic N) is 4. The highest BCUT2D eigenvalue weighted by Gasteiger charge is 2.41. The highest BCUT2D eigenvalue weighted by molar-refractivity contribution is 7.90. The lowest BCUT2D eigenvalue weighted by molar-refractivity contribution is 0.0981. The Morgan fingerprint density at radius 1 is 1.07 bits per heavy atom. The molecule has 0 radical (unpaired) electrons. The van der Waals surface area contributed by atoms with Crippen molar-refractivity contribution in [2.75, 3.05) is 16.8 Å². The third-order valence-electron chi connectivity index (χ3n) is 7.52. The second-order valence-electron chi connectivity index (χ2n) is 11.8. The summed E-state index contributed by atoms with van der Waals surface area (Å²) in [5.41, 5.74) is 1.27. The molecular formula is C31H36N6O3S. The van der Waals surface area contributed by atoms with Gasteiger partial charge in [-0.3, -0.25) is 9.78 Å². The van der Waals surface area contributed by atoms with E-state index in [2.05, 4.69) is 64.4 Å². The minimum atomic E-state index is -4.27. The van der Waals surface area contributed by atoms with Gasteiger partial charge in [0, 0.05) is 24.7 Å². The first-order chi connectivity index (χ1) is 19.5. The number of pyridine rings is 3. The summed E-state index contributed by atoms with van der Waals surface area (Å²) < 4.78 is 28.9. The Balaban J connectivity index is 1.59. The van der Waals surface area contributed by atoms with Crippen LogP contribution in [-0.2, 0) is 10.0 Å². The maximum atomic E-state index is 13.5. The van der Waals surface area contributed by atoms with E-state index in [9.17, 15) is 13.2 Å². The van der Waals surface area contributed by atoms with Gasteiger partial charge in [0.25, 0.3) is 15.9 Å². The molecule has 2 atom stereocenters. The lowest BCUT2D eigenvalue weighted by atomic mass is 9.91. The van der Waals surface area contributed by atoms with Crippen LogP contribution < -0.4 is 14.9 Å². The van der Waals surface area contributed by atoms with Crippen molar-refractivity contribution < 1.29 is 13.2 Å². The van der Waals surface area contributed by atoms with Crippen LogP contribution >= 0.6 is 0 Å². The van der Waals surface area contributed by atoms with Crippen LogP contribution in [-0.4, -0.2) is 41.4 Å². The molecular weight excluding hydrogens is 536 g/mol. The number of hydrogen-bond acceptors (Lipinski definition) is 8. The van der Waals surface area contributed by atoms with Gasteiger partial charge in [0.1, 0.15) is 17.3 Å². The Bertz CT molecular complexity index is 1590. The highest BCUT2D eigenvalue weighted by atomic mass is 32.2. The molecule has 10 heteroatoms. The maximum absolute atomic E-state index is 13.5. The normalized spacial score (nSPS) is 21.4. The van der Waals surface area contributed by atoms with Crippen molar-refractivity contribution in [3.05, 3.63) is 71.7 Å². The van der Waals surface area contributed by atoms with E-state index in [0.29, 0.717) is 35.7 Å². The first-order valence-corrected chi connectivity index (χ1v) is 15.5. The minimum Gasteiger partial charge on any atom is -0.362 e. The summed E-state index contributed by atoms with van der Waals surface area (Å²) in [5, 5.41) is 3.14. The second-order valence-corrected chi connectivity index (χ2v) is 13.4. The van der Waals surface area contributed by atoms with Gasteiger partial charge in [0.2, 0.25) is 0 Å². The van der Waals surface area contributed by atoms with Crippen LogP contribution in [0.15, 0.2) is 59.8 Å². The van der Waals surface area contributed by atoms with E-state index < -0.39 is 15.9 Å². The number of rotatable bonds is 2. The van der Waals surface area contributed by atoms with E-state index in [0.717, 1.165) is 31.4 Å². The topological polar surface area (TPSA) is 117 Å². The van der Waals surface area contributed by atoms with Crippen molar-refractivity contribution in [2.24, 2.45) is 11.8 Å². The summed E-state index contributed by atoms with van der Waals surface area (Å²) >= 11 is 0. The number of sulfonamides is 1. The number of nitrogens with one attached hydrogen (secondary N) is 2. The summed E-state index contributed by atoms with van der Waals surface area (Å²) in [6.45, 7) is 9.15. The first-order valence-electron chi connectivity index (χ1n) is 14.0. The predicted octanol–water partition coefficient (Wildman–Crippen LogP) is 4.94. The summed E-state index contributed by atoms with van der Waals surface area (Å²) in [6, 6.07) is 13.6. The molecule has 4 bridgehead atoms. The number of carbonyl (C=O) groups is 1. The van der Waals surface area contributed by atoms with Gasteiger partial charge in [-0.2, -0.15) is 8.42 Å². The summed E-state index contributed by atoms with van der Waals surface area (Å²) in [7, 11) is -4.27. The summed E-state index contributed by atoms with van der Waals surface area (Å²) in [6.07, 6.45) is 5.03.